The summed E-state index contributed by atoms with van der Waals surface area (Å²) < 4.78 is 13.1. The Morgan fingerprint density at radius 3 is 2.42 bits per heavy atom. The van der Waals surface area contributed by atoms with Gasteiger partial charge in [0.1, 0.15) is 28.8 Å². The van der Waals surface area contributed by atoms with Crippen molar-refractivity contribution in [2.45, 2.75) is 19.3 Å². The summed E-state index contributed by atoms with van der Waals surface area (Å²) in [5, 5.41) is 18.3. The van der Waals surface area contributed by atoms with Crippen LogP contribution < -0.4 is 11.1 Å². The minimum absolute atomic E-state index is 0.176. The van der Waals surface area contributed by atoms with Gasteiger partial charge >= 0.3 is 0 Å². The van der Waals surface area contributed by atoms with Crippen LogP contribution in [0.4, 0.5) is 16.0 Å². The van der Waals surface area contributed by atoms with E-state index in [0.29, 0.717) is 29.6 Å². The van der Waals surface area contributed by atoms with Crippen LogP contribution in [0, 0.1) is 5.82 Å². The molecule has 0 bridgehead atoms. The SMILES string of the molecule is CC(C)(CNc1ccc(-c2cc(N)[nH]n2)nn1)c1ccc(F)cc1. The normalized spacial score (nSPS) is 11.5. The molecule has 0 spiro atoms. The van der Waals surface area contributed by atoms with E-state index in [1.807, 2.05) is 12.1 Å². The average molecular weight is 326 g/mol. The molecule has 2 aromatic heterocycles. The average Bonchev–Trinajstić information content (AvgIpc) is 3.00. The van der Waals surface area contributed by atoms with E-state index in [1.54, 1.807) is 18.2 Å². The molecule has 7 heteroatoms. The van der Waals surface area contributed by atoms with Crippen molar-refractivity contribution in [1.29, 1.82) is 0 Å². The maximum absolute atomic E-state index is 13.1. The Labute approximate surface area is 139 Å². The van der Waals surface area contributed by atoms with Crippen LogP contribution in [0.5, 0.6) is 0 Å². The molecule has 2 heterocycles. The van der Waals surface area contributed by atoms with Crippen molar-refractivity contribution in [3.63, 3.8) is 0 Å². The first-order valence-electron chi connectivity index (χ1n) is 7.59. The number of nitrogens with zero attached hydrogens (tertiary/aromatic N) is 3. The van der Waals surface area contributed by atoms with Crippen molar-refractivity contribution in [2.24, 2.45) is 0 Å². The summed E-state index contributed by atoms with van der Waals surface area (Å²) in [6, 6.07) is 11.9. The zero-order chi connectivity index (χ0) is 17.2. The van der Waals surface area contributed by atoms with Crippen molar-refractivity contribution in [1.82, 2.24) is 20.4 Å². The molecule has 4 N–H and O–H groups in total. The van der Waals surface area contributed by atoms with Gasteiger partial charge in [-0.25, -0.2) is 4.39 Å². The molecule has 0 aliphatic rings. The van der Waals surface area contributed by atoms with Gasteiger partial charge in [0.15, 0.2) is 0 Å². The monoisotopic (exact) mass is 326 g/mol. The number of H-pyrrole nitrogens is 1. The largest absolute Gasteiger partial charge is 0.384 e. The van der Waals surface area contributed by atoms with Gasteiger partial charge in [-0.2, -0.15) is 5.10 Å². The topological polar surface area (TPSA) is 92.5 Å². The van der Waals surface area contributed by atoms with E-state index in [4.69, 9.17) is 5.73 Å². The Bertz CT molecular complexity index is 808. The second kappa shape index (κ2) is 6.27. The van der Waals surface area contributed by atoms with Gasteiger partial charge in [0.05, 0.1) is 0 Å². The van der Waals surface area contributed by atoms with Gasteiger partial charge in [-0.05, 0) is 29.8 Å². The first-order chi connectivity index (χ1) is 11.4. The van der Waals surface area contributed by atoms with Gasteiger partial charge in [-0.15, -0.1) is 10.2 Å². The number of hydrogen-bond donors (Lipinski definition) is 3. The van der Waals surface area contributed by atoms with Crippen LogP contribution >= 0.6 is 0 Å². The highest BCUT2D eigenvalue weighted by atomic mass is 19.1. The zero-order valence-electron chi connectivity index (χ0n) is 13.5. The summed E-state index contributed by atoms with van der Waals surface area (Å²) in [6.07, 6.45) is 0. The highest BCUT2D eigenvalue weighted by Gasteiger charge is 2.20. The van der Waals surface area contributed by atoms with E-state index in [9.17, 15) is 4.39 Å². The number of rotatable bonds is 5. The standard InChI is InChI=1S/C17H19FN6/c1-17(2,11-3-5-12(18)6-4-11)10-20-16-8-7-13(21-24-16)14-9-15(19)23-22-14/h3-9H,10H2,1-2H3,(H,20,24)(H3,19,22,23). The maximum Gasteiger partial charge on any atom is 0.148 e. The molecule has 0 aliphatic carbocycles. The summed E-state index contributed by atoms with van der Waals surface area (Å²) in [4.78, 5) is 0. The first-order valence-corrected chi connectivity index (χ1v) is 7.59. The molecule has 0 saturated heterocycles. The van der Waals surface area contributed by atoms with Crippen LogP contribution in [0.3, 0.4) is 0 Å². The maximum atomic E-state index is 13.1. The first kappa shape index (κ1) is 15.9. The summed E-state index contributed by atoms with van der Waals surface area (Å²) in [5.41, 5.74) is 7.77. The van der Waals surface area contributed by atoms with Gasteiger partial charge in [-0.3, -0.25) is 5.10 Å². The molecule has 3 rings (SSSR count). The summed E-state index contributed by atoms with van der Waals surface area (Å²) >= 11 is 0. The lowest BCUT2D eigenvalue weighted by Crippen LogP contribution is -2.28. The minimum Gasteiger partial charge on any atom is -0.384 e. The number of benzene rings is 1. The van der Waals surface area contributed by atoms with Crippen molar-refractivity contribution < 1.29 is 4.39 Å². The Hall–Kier alpha value is -2.96. The van der Waals surface area contributed by atoms with Crippen LogP contribution in [0.2, 0.25) is 0 Å². The molecule has 1 aromatic carbocycles. The van der Waals surface area contributed by atoms with Gasteiger partial charge < -0.3 is 11.1 Å². The zero-order valence-corrected chi connectivity index (χ0v) is 13.5. The molecule has 0 saturated carbocycles. The van der Waals surface area contributed by atoms with Gasteiger partial charge in [0.25, 0.3) is 0 Å². The number of nitrogens with one attached hydrogen (secondary N) is 2. The smallest absolute Gasteiger partial charge is 0.148 e. The van der Waals surface area contributed by atoms with E-state index in [1.165, 1.54) is 12.1 Å². The van der Waals surface area contributed by atoms with E-state index < -0.39 is 0 Å². The second-order valence-corrected chi connectivity index (χ2v) is 6.26. The summed E-state index contributed by atoms with van der Waals surface area (Å²) in [5.74, 6) is 0.912. The lowest BCUT2D eigenvalue weighted by molar-refractivity contribution is 0.552. The molecule has 0 amide bonds. The second-order valence-electron chi connectivity index (χ2n) is 6.26. The van der Waals surface area contributed by atoms with Crippen LogP contribution in [0.25, 0.3) is 11.4 Å². The number of aromatic nitrogens is 4. The van der Waals surface area contributed by atoms with Gasteiger partial charge in [0, 0.05) is 18.0 Å². The third kappa shape index (κ3) is 3.51. The minimum atomic E-state index is -0.233. The number of anilines is 2. The third-order valence-electron chi connectivity index (χ3n) is 3.86. The van der Waals surface area contributed by atoms with E-state index in [0.717, 1.165) is 5.56 Å². The number of aromatic amines is 1. The molecule has 0 aliphatic heterocycles. The third-order valence-corrected chi connectivity index (χ3v) is 3.86. The fraction of sp³-hybridized carbons (Fsp3) is 0.235. The van der Waals surface area contributed by atoms with Crippen molar-refractivity contribution in [3.05, 3.63) is 53.8 Å². The Morgan fingerprint density at radius 2 is 1.83 bits per heavy atom. The van der Waals surface area contributed by atoms with Crippen molar-refractivity contribution >= 4 is 11.6 Å². The lowest BCUT2D eigenvalue weighted by atomic mass is 9.84. The fourth-order valence-corrected chi connectivity index (χ4v) is 2.35. The number of nitrogen functional groups attached to an aromatic ring is 1. The van der Waals surface area contributed by atoms with Crippen molar-refractivity contribution in [3.8, 4) is 11.4 Å². The Morgan fingerprint density at radius 1 is 1.08 bits per heavy atom. The highest BCUT2D eigenvalue weighted by Crippen LogP contribution is 2.24. The molecular weight excluding hydrogens is 307 g/mol. The molecular formula is C17H19FN6. The summed E-state index contributed by atoms with van der Waals surface area (Å²) in [6.45, 7) is 4.81. The molecule has 24 heavy (non-hydrogen) atoms. The molecule has 6 nitrogen and oxygen atoms in total. The predicted octanol–water partition coefficient (Wildman–Crippen LogP) is 2.98. The lowest BCUT2D eigenvalue weighted by Gasteiger charge is -2.25. The van der Waals surface area contributed by atoms with E-state index in [-0.39, 0.29) is 11.2 Å². The predicted molar refractivity (Wildman–Crippen MR) is 91.9 cm³/mol. The fourth-order valence-electron chi connectivity index (χ4n) is 2.35. The number of halogens is 1. The quantitative estimate of drug-likeness (QED) is 0.670. The summed E-state index contributed by atoms with van der Waals surface area (Å²) in [7, 11) is 0. The molecule has 3 aromatic rings. The van der Waals surface area contributed by atoms with E-state index in [2.05, 4.69) is 39.6 Å². The van der Waals surface area contributed by atoms with Crippen LogP contribution in [-0.2, 0) is 5.41 Å². The highest BCUT2D eigenvalue weighted by molar-refractivity contribution is 5.58. The Kier molecular flexibility index (Phi) is 4.16. The van der Waals surface area contributed by atoms with Crippen LogP contribution in [0.1, 0.15) is 19.4 Å². The van der Waals surface area contributed by atoms with Crippen LogP contribution in [0.15, 0.2) is 42.5 Å². The molecule has 0 radical (unpaired) electrons. The van der Waals surface area contributed by atoms with E-state index >= 15 is 0 Å². The van der Waals surface area contributed by atoms with Gasteiger partial charge in [0.2, 0.25) is 0 Å². The number of hydrogen-bond acceptors (Lipinski definition) is 5. The van der Waals surface area contributed by atoms with Crippen LogP contribution in [-0.4, -0.2) is 26.9 Å². The molecule has 0 unspecified atom stereocenters. The van der Waals surface area contributed by atoms with Gasteiger partial charge in [-0.1, -0.05) is 26.0 Å². The molecule has 124 valence electrons. The van der Waals surface area contributed by atoms with Crippen molar-refractivity contribution in [2.75, 3.05) is 17.6 Å². The molecule has 0 fully saturated rings. The molecule has 0 atom stereocenters. The Balaban J connectivity index is 1.67. The number of nitrogens with two attached hydrogens (primary N) is 1.